The van der Waals surface area contributed by atoms with Crippen molar-refractivity contribution < 1.29 is 4.74 Å². The fraction of sp³-hybridized carbons (Fsp3) is 0.875. The Labute approximate surface area is 112 Å². The number of hydrogen-bond acceptors (Lipinski definition) is 2. The lowest BCUT2D eigenvalue weighted by Gasteiger charge is -2.38. The molecule has 2 fully saturated rings. The van der Waals surface area contributed by atoms with Gasteiger partial charge in [-0.1, -0.05) is 27.4 Å². The SMILES string of the molecule is C=C(CNC1CC1)COC1CC(C)CC(C)(C)C1. The summed E-state index contributed by atoms with van der Waals surface area (Å²) in [6.45, 7) is 12.8. The molecular weight excluding hydrogens is 222 g/mol. The summed E-state index contributed by atoms with van der Waals surface area (Å²) in [4.78, 5) is 0. The van der Waals surface area contributed by atoms with E-state index in [1.54, 1.807) is 0 Å². The highest BCUT2D eigenvalue weighted by molar-refractivity contribution is 4.99. The number of hydrogen-bond donors (Lipinski definition) is 1. The minimum Gasteiger partial charge on any atom is -0.374 e. The molecule has 0 bridgehead atoms. The van der Waals surface area contributed by atoms with Crippen molar-refractivity contribution in [3.05, 3.63) is 12.2 Å². The molecule has 2 aliphatic rings. The maximum Gasteiger partial charge on any atom is 0.0690 e. The molecular formula is C16H29NO. The topological polar surface area (TPSA) is 21.3 Å². The second-order valence-electron chi connectivity index (χ2n) is 7.25. The van der Waals surface area contributed by atoms with Crippen LogP contribution in [0.3, 0.4) is 0 Å². The Morgan fingerprint density at radius 2 is 2.06 bits per heavy atom. The van der Waals surface area contributed by atoms with Crippen LogP contribution in [0.2, 0.25) is 0 Å². The van der Waals surface area contributed by atoms with Crippen LogP contribution in [0.4, 0.5) is 0 Å². The van der Waals surface area contributed by atoms with Crippen molar-refractivity contribution in [1.82, 2.24) is 5.32 Å². The quantitative estimate of drug-likeness (QED) is 0.729. The molecule has 2 atom stereocenters. The third kappa shape index (κ3) is 4.74. The second-order valence-corrected chi connectivity index (χ2v) is 7.25. The van der Waals surface area contributed by atoms with Gasteiger partial charge in [0.05, 0.1) is 12.7 Å². The van der Waals surface area contributed by atoms with Crippen molar-refractivity contribution in [3.63, 3.8) is 0 Å². The summed E-state index contributed by atoms with van der Waals surface area (Å²) in [5, 5.41) is 3.49. The smallest absolute Gasteiger partial charge is 0.0690 e. The summed E-state index contributed by atoms with van der Waals surface area (Å²) in [6, 6.07) is 0.760. The molecule has 2 heteroatoms. The summed E-state index contributed by atoms with van der Waals surface area (Å²) in [6.07, 6.45) is 6.84. The van der Waals surface area contributed by atoms with Crippen LogP contribution >= 0.6 is 0 Å². The van der Waals surface area contributed by atoms with E-state index < -0.39 is 0 Å². The van der Waals surface area contributed by atoms with E-state index in [2.05, 4.69) is 32.7 Å². The average Bonchev–Trinajstić information content (AvgIpc) is 3.04. The average molecular weight is 251 g/mol. The standard InChI is InChI=1S/C16H29NO/c1-12-7-15(9-16(3,4)8-12)18-11-13(2)10-17-14-5-6-14/h12,14-15,17H,2,5-11H2,1,3-4H3. The maximum atomic E-state index is 6.06. The number of rotatable bonds is 6. The molecule has 2 aliphatic carbocycles. The number of ether oxygens (including phenoxy) is 1. The van der Waals surface area contributed by atoms with Gasteiger partial charge in [-0.2, -0.15) is 0 Å². The molecule has 2 nitrogen and oxygen atoms in total. The van der Waals surface area contributed by atoms with Crippen LogP contribution in [0.5, 0.6) is 0 Å². The fourth-order valence-electron chi connectivity index (χ4n) is 3.25. The van der Waals surface area contributed by atoms with Gasteiger partial charge in [-0.15, -0.1) is 0 Å². The van der Waals surface area contributed by atoms with Crippen molar-refractivity contribution in [1.29, 1.82) is 0 Å². The first-order chi connectivity index (χ1) is 8.44. The molecule has 104 valence electrons. The maximum absolute atomic E-state index is 6.06. The lowest BCUT2D eigenvalue weighted by atomic mass is 9.71. The third-order valence-corrected chi connectivity index (χ3v) is 4.09. The van der Waals surface area contributed by atoms with Gasteiger partial charge >= 0.3 is 0 Å². The van der Waals surface area contributed by atoms with E-state index in [9.17, 15) is 0 Å². The van der Waals surface area contributed by atoms with Gasteiger partial charge in [-0.25, -0.2) is 0 Å². The van der Waals surface area contributed by atoms with Crippen LogP contribution in [-0.2, 0) is 4.74 Å². The highest BCUT2D eigenvalue weighted by Crippen LogP contribution is 2.39. The van der Waals surface area contributed by atoms with Gasteiger partial charge in [0.25, 0.3) is 0 Å². The molecule has 0 saturated heterocycles. The van der Waals surface area contributed by atoms with E-state index in [4.69, 9.17) is 4.74 Å². The summed E-state index contributed by atoms with van der Waals surface area (Å²) in [5.74, 6) is 0.789. The van der Waals surface area contributed by atoms with Crippen LogP contribution in [0.15, 0.2) is 12.2 Å². The van der Waals surface area contributed by atoms with Crippen LogP contribution in [-0.4, -0.2) is 25.3 Å². The van der Waals surface area contributed by atoms with Crippen LogP contribution in [0, 0.1) is 11.3 Å². The van der Waals surface area contributed by atoms with E-state index in [1.165, 1.54) is 37.7 Å². The second kappa shape index (κ2) is 5.75. The van der Waals surface area contributed by atoms with Crippen molar-refractivity contribution in [2.75, 3.05) is 13.2 Å². The Morgan fingerprint density at radius 1 is 1.33 bits per heavy atom. The molecule has 0 radical (unpaired) electrons. The zero-order valence-electron chi connectivity index (χ0n) is 12.3. The van der Waals surface area contributed by atoms with Crippen molar-refractivity contribution in [2.24, 2.45) is 11.3 Å². The minimum absolute atomic E-state index is 0.432. The number of nitrogens with one attached hydrogen (secondary N) is 1. The van der Waals surface area contributed by atoms with Gasteiger partial charge < -0.3 is 10.1 Å². The first kappa shape index (κ1) is 14.1. The molecule has 0 aromatic rings. The van der Waals surface area contributed by atoms with Gasteiger partial charge in [0.1, 0.15) is 0 Å². The van der Waals surface area contributed by atoms with E-state index in [0.717, 1.165) is 25.1 Å². The first-order valence-electron chi connectivity index (χ1n) is 7.46. The third-order valence-electron chi connectivity index (χ3n) is 4.09. The Balaban J connectivity index is 1.66. The van der Waals surface area contributed by atoms with Gasteiger partial charge in [-0.3, -0.25) is 0 Å². The lowest BCUT2D eigenvalue weighted by Crippen LogP contribution is -2.33. The molecule has 2 saturated carbocycles. The fourth-order valence-corrected chi connectivity index (χ4v) is 3.25. The van der Waals surface area contributed by atoms with Gasteiger partial charge in [0, 0.05) is 12.6 Å². The molecule has 18 heavy (non-hydrogen) atoms. The van der Waals surface area contributed by atoms with Crippen molar-refractivity contribution in [3.8, 4) is 0 Å². The molecule has 0 aromatic carbocycles. The van der Waals surface area contributed by atoms with Crippen LogP contribution in [0.1, 0.15) is 52.9 Å². The van der Waals surface area contributed by atoms with E-state index in [0.29, 0.717) is 11.5 Å². The minimum atomic E-state index is 0.432. The molecule has 0 aromatic heterocycles. The monoisotopic (exact) mass is 251 g/mol. The molecule has 0 spiro atoms. The van der Waals surface area contributed by atoms with E-state index in [-0.39, 0.29) is 0 Å². The highest BCUT2D eigenvalue weighted by atomic mass is 16.5. The summed E-state index contributed by atoms with van der Waals surface area (Å²) in [5.41, 5.74) is 1.63. The van der Waals surface area contributed by atoms with Crippen LogP contribution in [0.25, 0.3) is 0 Å². The predicted molar refractivity (Wildman–Crippen MR) is 76.7 cm³/mol. The molecule has 0 heterocycles. The van der Waals surface area contributed by atoms with Crippen molar-refractivity contribution >= 4 is 0 Å². The van der Waals surface area contributed by atoms with E-state index in [1.807, 2.05) is 0 Å². The summed E-state index contributed by atoms with van der Waals surface area (Å²) in [7, 11) is 0. The zero-order valence-corrected chi connectivity index (χ0v) is 12.3. The Kier molecular flexibility index (Phi) is 4.50. The van der Waals surface area contributed by atoms with E-state index >= 15 is 0 Å². The molecule has 0 aliphatic heterocycles. The van der Waals surface area contributed by atoms with Gasteiger partial charge in [0.15, 0.2) is 0 Å². The largest absolute Gasteiger partial charge is 0.374 e. The normalized spacial score (nSPS) is 31.3. The summed E-state index contributed by atoms with van der Waals surface area (Å²) >= 11 is 0. The molecule has 2 unspecified atom stereocenters. The van der Waals surface area contributed by atoms with Gasteiger partial charge in [0.2, 0.25) is 0 Å². The predicted octanol–water partition coefficient (Wildman–Crippen LogP) is 3.53. The Hall–Kier alpha value is -0.340. The highest BCUT2D eigenvalue weighted by Gasteiger charge is 2.32. The lowest BCUT2D eigenvalue weighted by molar-refractivity contribution is -0.0136. The van der Waals surface area contributed by atoms with Crippen molar-refractivity contribution in [2.45, 2.75) is 65.0 Å². The zero-order chi connectivity index (χ0) is 13.2. The Bertz CT molecular complexity index is 293. The Morgan fingerprint density at radius 3 is 2.67 bits per heavy atom. The van der Waals surface area contributed by atoms with Crippen LogP contribution < -0.4 is 5.32 Å². The molecule has 1 N–H and O–H groups in total. The van der Waals surface area contributed by atoms with Gasteiger partial charge in [-0.05, 0) is 49.0 Å². The molecule has 2 rings (SSSR count). The summed E-state index contributed by atoms with van der Waals surface area (Å²) < 4.78 is 6.06. The molecule has 0 amide bonds. The first-order valence-corrected chi connectivity index (χ1v) is 7.46.